The highest BCUT2D eigenvalue weighted by Gasteiger charge is 2.51. The minimum absolute atomic E-state index is 0.0191. The second kappa shape index (κ2) is 11.6. The first-order valence-corrected chi connectivity index (χ1v) is 14.5. The van der Waals surface area contributed by atoms with Crippen molar-refractivity contribution >= 4 is 29.1 Å². The number of benzene rings is 3. The average Bonchev–Trinajstić information content (AvgIpc) is 3.44. The Bertz CT molecular complexity index is 1370. The summed E-state index contributed by atoms with van der Waals surface area (Å²) in [7, 11) is 1.54. The quantitative estimate of drug-likeness (QED) is 0.379. The molecule has 1 N–H and O–H groups in total. The van der Waals surface area contributed by atoms with Crippen LogP contribution in [0.15, 0.2) is 96.1 Å². The van der Waals surface area contributed by atoms with Crippen LogP contribution >= 0.6 is 11.6 Å². The van der Waals surface area contributed by atoms with Gasteiger partial charge in [0.2, 0.25) is 5.91 Å². The van der Waals surface area contributed by atoms with E-state index >= 15 is 0 Å². The SMILES string of the molecule is COC(C(=O)N1N=C(C2C(=O)NC3CCC(Cl)CC3C2c2ccccc2)CC1c1ccccc1)c1ccccc1. The Balaban J connectivity index is 1.41. The van der Waals surface area contributed by atoms with Crippen molar-refractivity contribution in [2.75, 3.05) is 7.11 Å². The van der Waals surface area contributed by atoms with Gasteiger partial charge in [0.25, 0.3) is 5.91 Å². The Morgan fingerprint density at radius 1 is 0.950 bits per heavy atom. The van der Waals surface area contributed by atoms with Crippen LogP contribution in [0.2, 0.25) is 0 Å². The lowest BCUT2D eigenvalue weighted by Crippen LogP contribution is -2.57. The molecule has 3 aromatic rings. The third kappa shape index (κ3) is 5.06. The normalized spacial score (nSPS) is 28.8. The number of halogens is 1. The molecule has 1 aliphatic carbocycles. The molecule has 1 saturated carbocycles. The number of fused-ring (bicyclic) bond motifs is 1. The lowest BCUT2D eigenvalue weighted by atomic mass is 9.64. The lowest BCUT2D eigenvalue weighted by molar-refractivity contribution is -0.144. The summed E-state index contributed by atoms with van der Waals surface area (Å²) in [6.45, 7) is 0. The number of hydrogen-bond acceptors (Lipinski definition) is 4. The van der Waals surface area contributed by atoms with Gasteiger partial charge in [-0.3, -0.25) is 9.59 Å². The summed E-state index contributed by atoms with van der Waals surface area (Å²) in [6, 6.07) is 29.4. The number of hydrazone groups is 1. The van der Waals surface area contributed by atoms with E-state index in [1.54, 1.807) is 12.1 Å². The monoisotopic (exact) mass is 555 g/mol. The summed E-state index contributed by atoms with van der Waals surface area (Å²) in [5.74, 6) is -0.637. The highest BCUT2D eigenvalue weighted by molar-refractivity contribution is 6.20. The van der Waals surface area contributed by atoms with Crippen LogP contribution in [-0.4, -0.2) is 41.1 Å². The first-order valence-electron chi connectivity index (χ1n) is 14.1. The number of carbonyl (C=O) groups excluding carboxylic acids is 2. The molecule has 0 aromatic heterocycles. The fourth-order valence-corrected chi connectivity index (χ4v) is 7.20. The van der Waals surface area contributed by atoms with E-state index in [1.807, 2.05) is 78.9 Å². The number of carbonyl (C=O) groups is 2. The number of amides is 2. The molecule has 6 rings (SSSR count). The largest absolute Gasteiger partial charge is 0.367 e. The third-order valence-electron chi connectivity index (χ3n) is 8.72. The summed E-state index contributed by atoms with van der Waals surface area (Å²) >= 11 is 6.70. The van der Waals surface area contributed by atoms with Crippen LogP contribution in [0.1, 0.15) is 60.4 Å². The van der Waals surface area contributed by atoms with Gasteiger partial charge in [-0.15, -0.1) is 11.6 Å². The molecule has 3 aromatic carbocycles. The van der Waals surface area contributed by atoms with Gasteiger partial charge in [-0.25, -0.2) is 5.01 Å². The van der Waals surface area contributed by atoms with Gasteiger partial charge in [-0.1, -0.05) is 91.0 Å². The summed E-state index contributed by atoms with van der Waals surface area (Å²) in [5.41, 5.74) is 3.58. The molecule has 2 aliphatic heterocycles. The minimum Gasteiger partial charge on any atom is -0.367 e. The molecule has 0 spiro atoms. The Morgan fingerprint density at radius 2 is 1.57 bits per heavy atom. The van der Waals surface area contributed by atoms with Crippen LogP contribution < -0.4 is 5.32 Å². The Kier molecular flexibility index (Phi) is 7.72. The van der Waals surface area contributed by atoms with Crippen molar-refractivity contribution in [2.24, 2.45) is 16.9 Å². The van der Waals surface area contributed by atoms with E-state index in [4.69, 9.17) is 21.4 Å². The first kappa shape index (κ1) is 26.7. The number of alkyl halides is 1. The van der Waals surface area contributed by atoms with Gasteiger partial charge in [-0.2, -0.15) is 5.10 Å². The maximum atomic E-state index is 14.1. The van der Waals surface area contributed by atoms with Gasteiger partial charge in [0, 0.05) is 30.9 Å². The summed E-state index contributed by atoms with van der Waals surface area (Å²) in [6.07, 6.45) is 2.27. The van der Waals surface area contributed by atoms with E-state index in [-0.39, 0.29) is 41.1 Å². The molecular formula is C33H34ClN3O3. The number of nitrogens with one attached hydrogen (secondary N) is 1. The lowest BCUT2D eigenvalue weighted by Gasteiger charge is -2.46. The number of nitrogens with zero attached hydrogens (tertiary/aromatic N) is 2. The number of hydrogen-bond donors (Lipinski definition) is 1. The maximum absolute atomic E-state index is 14.1. The smallest absolute Gasteiger partial charge is 0.276 e. The molecule has 0 bridgehead atoms. The van der Waals surface area contributed by atoms with Crippen LogP contribution in [0, 0.1) is 11.8 Å². The fraction of sp³-hybridized carbons (Fsp3) is 0.364. The molecule has 0 radical (unpaired) electrons. The predicted octanol–water partition coefficient (Wildman–Crippen LogP) is 6.01. The van der Waals surface area contributed by atoms with Crippen molar-refractivity contribution in [2.45, 2.75) is 55.2 Å². The second-order valence-corrected chi connectivity index (χ2v) is 11.7. The van der Waals surface area contributed by atoms with Crippen molar-refractivity contribution in [1.29, 1.82) is 0 Å². The maximum Gasteiger partial charge on any atom is 0.276 e. The van der Waals surface area contributed by atoms with E-state index < -0.39 is 12.0 Å². The molecule has 206 valence electrons. The van der Waals surface area contributed by atoms with Crippen molar-refractivity contribution < 1.29 is 14.3 Å². The van der Waals surface area contributed by atoms with Crippen molar-refractivity contribution in [1.82, 2.24) is 10.3 Å². The van der Waals surface area contributed by atoms with E-state index in [1.165, 1.54) is 0 Å². The van der Waals surface area contributed by atoms with Crippen molar-refractivity contribution in [3.05, 3.63) is 108 Å². The zero-order valence-corrected chi connectivity index (χ0v) is 23.3. The fourth-order valence-electron chi connectivity index (χ4n) is 6.87. The zero-order chi connectivity index (χ0) is 27.6. The van der Waals surface area contributed by atoms with Crippen LogP contribution in [0.25, 0.3) is 0 Å². The van der Waals surface area contributed by atoms with Gasteiger partial charge < -0.3 is 10.1 Å². The van der Waals surface area contributed by atoms with Crippen molar-refractivity contribution in [3.8, 4) is 0 Å². The number of methoxy groups -OCH3 is 1. The molecule has 2 amide bonds. The van der Waals surface area contributed by atoms with Gasteiger partial charge in [0.1, 0.15) is 0 Å². The molecule has 7 atom stereocenters. The minimum atomic E-state index is -0.805. The first-order chi connectivity index (χ1) is 19.5. The number of rotatable bonds is 6. The van der Waals surface area contributed by atoms with Crippen LogP contribution in [0.5, 0.6) is 0 Å². The highest BCUT2D eigenvalue weighted by atomic mass is 35.5. The van der Waals surface area contributed by atoms with Gasteiger partial charge in [-0.05, 0) is 41.9 Å². The average molecular weight is 556 g/mol. The van der Waals surface area contributed by atoms with E-state index in [0.29, 0.717) is 6.42 Å². The standard InChI is InChI=1S/C33H34ClN3O3/c1-40-31(23-15-9-4-10-16-23)33(39)37-28(21-11-5-2-6-12-21)20-27(36-37)30-29(22-13-7-3-8-14-22)25-19-24(34)17-18-26(25)35-32(30)38/h2-16,24-26,28-31H,17-20H2,1H3,(H,35,38). The molecule has 2 heterocycles. The van der Waals surface area contributed by atoms with E-state index in [2.05, 4.69) is 17.4 Å². The Hall–Kier alpha value is -3.48. The predicted molar refractivity (Wildman–Crippen MR) is 156 cm³/mol. The van der Waals surface area contributed by atoms with Crippen LogP contribution in [0.3, 0.4) is 0 Å². The summed E-state index contributed by atoms with van der Waals surface area (Å²) < 4.78 is 5.72. The molecule has 6 nitrogen and oxygen atoms in total. The molecule has 7 unspecified atom stereocenters. The Labute approximate surface area is 240 Å². The highest BCUT2D eigenvalue weighted by Crippen LogP contribution is 2.48. The molecule has 7 heteroatoms. The van der Waals surface area contributed by atoms with Gasteiger partial charge in [0.15, 0.2) is 6.10 Å². The van der Waals surface area contributed by atoms with Gasteiger partial charge in [0.05, 0.1) is 17.7 Å². The van der Waals surface area contributed by atoms with E-state index in [0.717, 1.165) is 41.7 Å². The van der Waals surface area contributed by atoms with Gasteiger partial charge >= 0.3 is 0 Å². The second-order valence-electron chi connectivity index (χ2n) is 11.0. The summed E-state index contributed by atoms with van der Waals surface area (Å²) in [5, 5.41) is 9.93. The van der Waals surface area contributed by atoms with Crippen LogP contribution in [-0.2, 0) is 14.3 Å². The number of piperidine rings is 1. The molecule has 3 aliphatic rings. The molecule has 2 fully saturated rings. The number of ether oxygens (including phenoxy) is 1. The molecule has 1 saturated heterocycles. The molecular weight excluding hydrogens is 522 g/mol. The topological polar surface area (TPSA) is 71.0 Å². The summed E-state index contributed by atoms with van der Waals surface area (Å²) in [4.78, 5) is 27.9. The zero-order valence-electron chi connectivity index (χ0n) is 22.5. The Morgan fingerprint density at radius 3 is 2.23 bits per heavy atom. The van der Waals surface area contributed by atoms with Crippen molar-refractivity contribution in [3.63, 3.8) is 0 Å². The third-order valence-corrected chi connectivity index (χ3v) is 9.11. The van der Waals surface area contributed by atoms with Crippen LogP contribution in [0.4, 0.5) is 0 Å². The molecule has 40 heavy (non-hydrogen) atoms. The van der Waals surface area contributed by atoms with E-state index in [9.17, 15) is 9.59 Å².